The molecule has 2 aromatic carbocycles. The molecule has 0 aliphatic carbocycles. The molecule has 0 aliphatic rings. The van der Waals surface area contributed by atoms with Crippen LogP contribution in [0.25, 0.3) is 11.0 Å². The van der Waals surface area contributed by atoms with Crippen LogP contribution in [0, 0.1) is 0 Å². The molecule has 0 saturated carbocycles. The number of nitrogens with one attached hydrogen (secondary N) is 3. The van der Waals surface area contributed by atoms with Crippen LogP contribution in [-0.4, -0.2) is 56.5 Å². The maximum atomic E-state index is 12.7. The van der Waals surface area contributed by atoms with Gasteiger partial charge in [0.2, 0.25) is 0 Å². The van der Waals surface area contributed by atoms with Crippen molar-refractivity contribution in [3.63, 3.8) is 0 Å². The summed E-state index contributed by atoms with van der Waals surface area (Å²) in [5.74, 6) is -0.763. The summed E-state index contributed by atoms with van der Waals surface area (Å²) < 4.78 is 34.5. The molecular formula is C30H33N7O6S. The summed E-state index contributed by atoms with van der Waals surface area (Å²) in [5.41, 5.74) is 1.73. The van der Waals surface area contributed by atoms with Crippen molar-refractivity contribution in [2.75, 3.05) is 11.3 Å². The van der Waals surface area contributed by atoms with E-state index in [-0.39, 0.29) is 35.2 Å². The molecule has 3 heterocycles. The Bertz CT molecular complexity index is 1850. The highest BCUT2D eigenvalue weighted by Gasteiger charge is 2.21. The molecule has 0 radical (unpaired) electrons. The third-order valence-corrected chi connectivity index (χ3v) is 8.44. The van der Waals surface area contributed by atoms with Gasteiger partial charge in [0.25, 0.3) is 15.9 Å². The number of carbonyl (C=O) groups excluding carboxylic acids is 1. The molecule has 0 bridgehead atoms. The first-order chi connectivity index (χ1) is 21.0. The van der Waals surface area contributed by atoms with Gasteiger partial charge in [0, 0.05) is 42.0 Å². The van der Waals surface area contributed by atoms with Crippen molar-refractivity contribution >= 4 is 32.7 Å². The number of aromatic hydroxyl groups is 1. The van der Waals surface area contributed by atoms with Crippen molar-refractivity contribution in [1.29, 1.82) is 0 Å². The van der Waals surface area contributed by atoms with Crippen LogP contribution < -0.4 is 15.4 Å². The molecule has 44 heavy (non-hydrogen) atoms. The molecule has 230 valence electrons. The van der Waals surface area contributed by atoms with E-state index in [9.17, 15) is 23.4 Å². The summed E-state index contributed by atoms with van der Waals surface area (Å²) in [6, 6.07) is 19.6. The van der Waals surface area contributed by atoms with E-state index in [1.54, 1.807) is 48.5 Å². The third-order valence-electron chi connectivity index (χ3n) is 7.05. The van der Waals surface area contributed by atoms with E-state index in [1.807, 2.05) is 30.7 Å². The quantitative estimate of drug-likeness (QED) is 0.131. The van der Waals surface area contributed by atoms with E-state index in [1.165, 1.54) is 18.2 Å². The van der Waals surface area contributed by atoms with Gasteiger partial charge >= 0.3 is 5.95 Å². The Kier molecular flexibility index (Phi) is 8.94. The lowest BCUT2D eigenvalue weighted by Gasteiger charge is -2.28. The van der Waals surface area contributed by atoms with E-state index in [4.69, 9.17) is 0 Å². The maximum Gasteiger partial charge on any atom is 0.309 e. The third kappa shape index (κ3) is 7.58. The first kappa shape index (κ1) is 30.7. The zero-order valence-electron chi connectivity index (χ0n) is 24.1. The van der Waals surface area contributed by atoms with Crippen LogP contribution in [0.3, 0.4) is 0 Å². The number of rotatable bonds is 13. The van der Waals surface area contributed by atoms with Crippen molar-refractivity contribution in [1.82, 2.24) is 30.6 Å². The zero-order chi connectivity index (χ0) is 31.3. The number of hydrogen-bond donors (Lipinski definition) is 5. The molecule has 0 fully saturated rings. The number of aromatic nitrogens is 4. The van der Waals surface area contributed by atoms with E-state index in [0.717, 1.165) is 5.39 Å². The number of carbonyl (C=O) groups is 1. The van der Waals surface area contributed by atoms with Crippen LogP contribution >= 0.6 is 0 Å². The highest BCUT2D eigenvalue weighted by Crippen LogP contribution is 2.22. The second-order valence-electron chi connectivity index (χ2n) is 10.9. The number of sulfonamides is 1. The molecule has 0 aliphatic heterocycles. The Balaban J connectivity index is 1.14. The standard InChI is InChI=1S/C30H33N7O6S/c1-30(2,32-19-26(38)20-7-6-8-22(15-20)36-44(41,42)24-9-4-3-5-10-24)12-14-37-13-11-21-16-25(33-34-28(21)37)29(40)31-18-23-17-27(39)43-35-23/h3-11,13,15-17,26,32,36,38-39H,12,14,18-19H2,1-2H3,(H,31,40)/t26-/m0/s1. The van der Waals surface area contributed by atoms with Gasteiger partial charge in [-0.05, 0) is 62.2 Å². The average Bonchev–Trinajstić information content (AvgIpc) is 3.63. The van der Waals surface area contributed by atoms with Crippen LogP contribution in [0.5, 0.6) is 5.95 Å². The van der Waals surface area contributed by atoms with Gasteiger partial charge < -0.3 is 29.9 Å². The number of aryl methyl sites for hydroxylation is 1. The minimum atomic E-state index is -3.75. The fourth-order valence-electron chi connectivity index (χ4n) is 4.53. The number of amides is 1. The van der Waals surface area contributed by atoms with Gasteiger partial charge in [-0.15, -0.1) is 10.2 Å². The number of hydrogen-bond acceptors (Lipinski definition) is 10. The highest BCUT2D eigenvalue weighted by atomic mass is 32.2. The van der Waals surface area contributed by atoms with Crippen LogP contribution in [0.15, 0.2) is 88.4 Å². The maximum absolute atomic E-state index is 12.7. The summed E-state index contributed by atoms with van der Waals surface area (Å²) in [4.78, 5) is 12.7. The van der Waals surface area contributed by atoms with Crippen LogP contribution in [0.1, 0.15) is 48.1 Å². The predicted octanol–water partition coefficient (Wildman–Crippen LogP) is 3.35. The number of aliphatic hydroxyl groups excluding tert-OH is 1. The molecule has 5 rings (SSSR count). The molecule has 13 nitrogen and oxygen atoms in total. The van der Waals surface area contributed by atoms with Crippen molar-refractivity contribution in [3.05, 3.63) is 95.9 Å². The monoisotopic (exact) mass is 619 g/mol. The van der Waals surface area contributed by atoms with Gasteiger partial charge in [0.05, 0.1) is 17.5 Å². The van der Waals surface area contributed by atoms with E-state index < -0.39 is 22.0 Å². The zero-order valence-corrected chi connectivity index (χ0v) is 25.0. The van der Waals surface area contributed by atoms with Gasteiger partial charge in [-0.1, -0.05) is 35.5 Å². The summed E-state index contributed by atoms with van der Waals surface area (Å²) in [7, 11) is -3.75. The lowest BCUT2D eigenvalue weighted by Crippen LogP contribution is -2.42. The highest BCUT2D eigenvalue weighted by molar-refractivity contribution is 7.92. The van der Waals surface area contributed by atoms with E-state index in [2.05, 4.69) is 35.2 Å². The molecule has 0 spiro atoms. The summed E-state index contributed by atoms with van der Waals surface area (Å²) in [6.07, 6.45) is 1.70. The molecule has 14 heteroatoms. The SMILES string of the molecule is CC(C)(CCn1ccc2cc(C(=O)NCc3cc(O)on3)nnc21)NC[C@H](O)c1cccc(NS(=O)(=O)c2ccccc2)c1. The van der Waals surface area contributed by atoms with Gasteiger partial charge in [-0.3, -0.25) is 9.52 Å². The predicted molar refractivity (Wildman–Crippen MR) is 162 cm³/mol. The van der Waals surface area contributed by atoms with E-state index in [0.29, 0.717) is 35.6 Å². The second-order valence-corrected chi connectivity index (χ2v) is 12.6. The first-order valence-corrected chi connectivity index (χ1v) is 15.3. The van der Waals surface area contributed by atoms with Crippen LogP contribution in [-0.2, 0) is 23.1 Å². The van der Waals surface area contributed by atoms with Crippen molar-refractivity contribution in [3.8, 4) is 5.95 Å². The van der Waals surface area contributed by atoms with Crippen molar-refractivity contribution < 1.29 is 27.9 Å². The fourth-order valence-corrected chi connectivity index (χ4v) is 5.60. The normalized spacial score (nSPS) is 12.7. The smallest absolute Gasteiger partial charge is 0.309 e. The van der Waals surface area contributed by atoms with Crippen molar-refractivity contribution in [2.45, 2.75) is 49.9 Å². The number of aliphatic hydroxyl groups is 1. The van der Waals surface area contributed by atoms with Crippen LogP contribution in [0.2, 0.25) is 0 Å². The Labute approximate surface area is 254 Å². The topological polar surface area (TPSA) is 184 Å². The lowest BCUT2D eigenvalue weighted by atomic mass is 9.99. The van der Waals surface area contributed by atoms with E-state index >= 15 is 0 Å². The molecule has 1 atom stereocenters. The lowest BCUT2D eigenvalue weighted by molar-refractivity contribution is 0.0944. The molecule has 5 aromatic rings. The second kappa shape index (κ2) is 12.8. The van der Waals surface area contributed by atoms with Gasteiger partial charge in [0.1, 0.15) is 5.69 Å². The Morgan fingerprint density at radius 3 is 2.59 bits per heavy atom. The van der Waals surface area contributed by atoms with Gasteiger partial charge in [-0.2, -0.15) is 0 Å². The van der Waals surface area contributed by atoms with Gasteiger partial charge in [0.15, 0.2) is 11.3 Å². The number of fused-ring (bicyclic) bond motifs is 1. The minimum Gasteiger partial charge on any atom is -0.479 e. The minimum absolute atomic E-state index is 0.0683. The van der Waals surface area contributed by atoms with Crippen molar-refractivity contribution in [2.24, 2.45) is 0 Å². The summed E-state index contributed by atoms with van der Waals surface area (Å²) in [6.45, 7) is 4.97. The number of β-amino-alcohol motifs (C(OH)–C–C–N with tert-alkyl or cyclic N) is 1. The Morgan fingerprint density at radius 2 is 1.84 bits per heavy atom. The van der Waals surface area contributed by atoms with Gasteiger partial charge in [-0.25, -0.2) is 8.42 Å². The average molecular weight is 620 g/mol. The molecule has 1 amide bonds. The molecule has 0 saturated heterocycles. The Morgan fingerprint density at radius 1 is 1.05 bits per heavy atom. The summed E-state index contributed by atoms with van der Waals surface area (Å²) >= 11 is 0. The molecule has 5 N–H and O–H groups in total. The fraction of sp³-hybridized carbons (Fsp3) is 0.267. The van der Waals surface area contributed by atoms with Crippen LogP contribution in [0.4, 0.5) is 5.69 Å². The number of anilines is 1. The first-order valence-electron chi connectivity index (χ1n) is 13.9. The molecule has 3 aromatic heterocycles. The largest absolute Gasteiger partial charge is 0.479 e. The molecular weight excluding hydrogens is 586 g/mol. The number of nitrogens with zero attached hydrogens (tertiary/aromatic N) is 4. The number of benzene rings is 2. The molecule has 0 unspecified atom stereocenters. The summed E-state index contributed by atoms with van der Waals surface area (Å²) in [5, 5.41) is 38.9. The Hall–Kier alpha value is -4.79.